The number of hydrogen-bond donors (Lipinski definition) is 4. The van der Waals surface area contributed by atoms with Crippen molar-refractivity contribution in [3.63, 3.8) is 0 Å². The highest BCUT2D eigenvalue weighted by Crippen LogP contribution is 2.33. The lowest BCUT2D eigenvalue weighted by Gasteiger charge is -2.36. The topological polar surface area (TPSA) is 75.9 Å². The first-order chi connectivity index (χ1) is 5.50. The van der Waals surface area contributed by atoms with E-state index in [9.17, 15) is 0 Å². The standard InChI is InChI=1S/C8H15N3S/c1-8(11)5(4-9)2-3-6(12)7(8)10/h4-5,9,12H,2-3,10-11H2,1H3/t5?,8-/m1/s1. The van der Waals surface area contributed by atoms with E-state index in [2.05, 4.69) is 12.6 Å². The third kappa shape index (κ3) is 1.36. The molecule has 0 bridgehead atoms. The van der Waals surface area contributed by atoms with Crippen LogP contribution in [0.1, 0.15) is 19.8 Å². The van der Waals surface area contributed by atoms with Gasteiger partial charge in [0.1, 0.15) is 0 Å². The Balaban J connectivity index is 3.02. The van der Waals surface area contributed by atoms with E-state index >= 15 is 0 Å². The van der Waals surface area contributed by atoms with Crippen LogP contribution in [0.15, 0.2) is 10.6 Å². The molecular weight excluding hydrogens is 170 g/mol. The molecule has 3 nitrogen and oxygen atoms in total. The molecule has 12 heavy (non-hydrogen) atoms. The summed E-state index contributed by atoms with van der Waals surface area (Å²) in [5.41, 5.74) is 11.8. The molecular formula is C8H15N3S. The lowest BCUT2D eigenvalue weighted by atomic mass is 9.77. The van der Waals surface area contributed by atoms with Crippen molar-refractivity contribution in [3.8, 4) is 0 Å². The van der Waals surface area contributed by atoms with E-state index in [-0.39, 0.29) is 5.92 Å². The highest BCUT2D eigenvalue weighted by molar-refractivity contribution is 7.84. The molecule has 0 aromatic heterocycles. The van der Waals surface area contributed by atoms with E-state index in [0.717, 1.165) is 17.7 Å². The second-order valence-electron chi connectivity index (χ2n) is 3.45. The monoisotopic (exact) mass is 185 g/mol. The van der Waals surface area contributed by atoms with Crippen molar-refractivity contribution in [1.29, 1.82) is 5.41 Å². The highest BCUT2D eigenvalue weighted by Gasteiger charge is 2.35. The Hall–Kier alpha value is -0.480. The summed E-state index contributed by atoms with van der Waals surface area (Å²) in [4.78, 5) is 0.873. The van der Waals surface area contributed by atoms with Crippen molar-refractivity contribution in [1.82, 2.24) is 0 Å². The zero-order chi connectivity index (χ0) is 9.35. The van der Waals surface area contributed by atoms with Crippen LogP contribution in [0.3, 0.4) is 0 Å². The summed E-state index contributed by atoms with van der Waals surface area (Å²) < 4.78 is 0. The molecule has 0 aromatic carbocycles. The van der Waals surface area contributed by atoms with E-state index in [4.69, 9.17) is 16.9 Å². The molecule has 0 aliphatic heterocycles. The minimum absolute atomic E-state index is 0.0494. The summed E-state index contributed by atoms with van der Waals surface area (Å²) in [5.74, 6) is 0.0494. The van der Waals surface area contributed by atoms with Crippen LogP contribution < -0.4 is 11.5 Å². The van der Waals surface area contributed by atoms with Gasteiger partial charge in [-0.3, -0.25) is 0 Å². The summed E-state index contributed by atoms with van der Waals surface area (Å²) in [6.45, 7) is 1.85. The van der Waals surface area contributed by atoms with E-state index in [1.807, 2.05) is 6.92 Å². The van der Waals surface area contributed by atoms with Crippen molar-refractivity contribution in [2.75, 3.05) is 0 Å². The SMILES string of the molecule is C[C@]1(N)C(N)=C(S)CCC1C=N. The molecule has 1 unspecified atom stereocenters. The normalized spacial score (nSPS) is 36.8. The maximum atomic E-state index is 7.20. The summed E-state index contributed by atoms with van der Waals surface area (Å²) in [6, 6.07) is 0. The zero-order valence-corrected chi connectivity index (χ0v) is 8.07. The summed E-state index contributed by atoms with van der Waals surface area (Å²) in [7, 11) is 0. The van der Waals surface area contributed by atoms with E-state index in [1.165, 1.54) is 6.21 Å². The molecule has 1 aliphatic rings. The molecule has 0 heterocycles. The summed E-state index contributed by atoms with van der Waals surface area (Å²) in [5, 5.41) is 7.20. The smallest absolute Gasteiger partial charge is 0.0613 e. The molecule has 0 saturated carbocycles. The fourth-order valence-corrected chi connectivity index (χ4v) is 1.86. The molecule has 5 N–H and O–H groups in total. The fraction of sp³-hybridized carbons (Fsp3) is 0.625. The lowest BCUT2D eigenvalue weighted by Crippen LogP contribution is -2.51. The van der Waals surface area contributed by atoms with E-state index in [0.29, 0.717) is 5.70 Å². The van der Waals surface area contributed by atoms with Gasteiger partial charge >= 0.3 is 0 Å². The van der Waals surface area contributed by atoms with Gasteiger partial charge in [-0.2, -0.15) is 0 Å². The van der Waals surface area contributed by atoms with Crippen LogP contribution in [0, 0.1) is 11.3 Å². The maximum absolute atomic E-state index is 7.20. The molecule has 2 atom stereocenters. The van der Waals surface area contributed by atoms with E-state index < -0.39 is 5.54 Å². The first-order valence-corrected chi connectivity index (χ1v) is 4.42. The van der Waals surface area contributed by atoms with Crippen molar-refractivity contribution in [3.05, 3.63) is 10.6 Å². The molecule has 0 radical (unpaired) electrons. The van der Waals surface area contributed by atoms with Gasteiger partial charge in [0, 0.05) is 22.7 Å². The predicted molar refractivity (Wildman–Crippen MR) is 54.3 cm³/mol. The van der Waals surface area contributed by atoms with Crippen LogP contribution in [0.25, 0.3) is 0 Å². The van der Waals surface area contributed by atoms with Gasteiger partial charge < -0.3 is 16.9 Å². The fourth-order valence-electron chi connectivity index (χ4n) is 1.49. The second kappa shape index (κ2) is 3.11. The maximum Gasteiger partial charge on any atom is 0.0613 e. The first-order valence-electron chi connectivity index (χ1n) is 3.97. The average molecular weight is 185 g/mol. The zero-order valence-electron chi connectivity index (χ0n) is 7.17. The van der Waals surface area contributed by atoms with Gasteiger partial charge in [0.25, 0.3) is 0 Å². The Morgan fingerprint density at radius 1 is 1.75 bits per heavy atom. The van der Waals surface area contributed by atoms with Crippen molar-refractivity contribution in [2.24, 2.45) is 17.4 Å². The highest BCUT2D eigenvalue weighted by atomic mass is 32.1. The number of hydrogen-bond acceptors (Lipinski definition) is 4. The lowest BCUT2D eigenvalue weighted by molar-refractivity contribution is 0.387. The quantitative estimate of drug-likeness (QED) is 0.361. The number of thiol groups is 1. The Morgan fingerprint density at radius 3 is 2.83 bits per heavy atom. The van der Waals surface area contributed by atoms with Gasteiger partial charge in [-0.05, 0) is 19.8 Å². The Kier molecular flexibility index (Phi) is 2.49. The third-order valence-electron chi connectivity index (χ3n) is 2.55. The Labute approximate surface area is 78.1 Å². The van der Waals surface area contributed by atoms with Crippen LogP contribution in [0.5, 0.6) is 0 Å². The minimum atomic E-state index is -0.586. The molecule has 0 amide bonds. The molecule has 1 rings (SSSR count). The first kappa shape index (κ1) is 9.61. The van der Waals surface area contributed by atoms with E-state index in [1.54, 1.807) is 0 Å². The predicted octanol–water partition coefficient (Wildman–Crippen LogP) is 0.863. The van der Waals surface area contributed by atoms with Gasteiger partial charge in [0.15, 0.2) is 0 Å². The minimum Gasteiger partial charge on any atom is -0.400 e. The molecule has 4 heteroatoms. The molecule has 0 spiro atoms. The van der Waals surface area contributed by atoms with Crippen LogP contribution >= 0.6 is 12.6 Å². The van der Waals surface area contributed by atoms with Crippen LogP contribution in [-0.4, -0.2) is 11.8 Å². The van der Waals surface area contributed by atoms with Gasteiger partial charge in [0.05, 0.1) is 5.54 Å². The average Bonchev–Trinajstić information content (AvgIpc) is 2.01. The second-order valence-corrected chi connectivity index (χ2v) is 3.99. The largest absolute Gasteiger partial charge is 0.400 e. The molecule has 68 valence electrons. The van der Waals surface area contributed by atoms with Gasteiger partial charge in [-0.1, -0.05) is 0 Å². The molecule has 0 saturated heterocycles. The van der Waals surface area contributed by atoms with Gasteiger partial charge in [-0.15, -0.1) is 12.6 Å². The molecule has 0 fully saturated rings. The molecule has 1 aliphatic carbocycles. The third-order valence-corrected chi connectivity index (χ3v) is 3.02. The Bertz CT molecular complexity index is 232. The Morgan fingerprint density at radius 2 is 2.33 bits per heavy atom. The molecule has 0 aromatic rings. The van der Waals surface area contributed by atoms with Crippen molar-refractivity contribution < 1.29 is 0 Å². The van der Waals surface area contributed by atoms with Crippen LogP contribution in [0.2, 0.25) is 0 Å². The summed E-state index contributed by atoms with van der Waals surface area (Å²) >= 11 is 4.25. The van der Waals surface area contributed by atoms with Crippen molar-refractivity contribution in [2.45, 2.75) is 25.3 Å². The number of nitrogens with two attached hydrogens (primary N) is 2. The van der Waals surface area contributed by atoms with Gasteiger partial charge in [-0.25, -0.2) is 0 Å². The van der Waals surface area contributed by atoms with Crippen LogP contribution in [0.4, 0.5) is 0 Å². The summed E-state index contributed by atoms with van der Waals surface area (Å²) in [6.07, 6.45) is 3.09. The number of nitrogens with one attached hydrogen (secondary N) is 1. The van der Waals surface area contributed by atoms with Gasteiger partial charge in [0.2, 0.25) is 0 Å². The van der Waals surface area contributed by atoms with Crippen molar-refractivity contribution >= 4 is 18.8 Å². The number of rotatable bonds is 1. The van der Waals surface area contributed by atoms with Crippen LogP contribution in [-0.2, 0) is 0 Å². The number of allylic oxidation sites excluding steroid dienone is 1.